The molecule has 1 aromatic rings. The maximum absolute atomic E-state index is 14.0. The summed E-state index contributed by atoms with van der Waals surface area (Å²) in [6, 6.07) is 6.86. The van der Waals surface area contributed by atoms with Gasteiger partial charge in [-0.3, -0.25) is 4.79 Å². The fourth-order valence-corrected chi connectivity index (χ4v) is 8.26. The monoisotopic (exact) mass is 701 g/mol. The van der Waals surface area contributed by atoms with Crippen LogP contribution in [0.1, 0.15) is 159 Å². The topological polar surface area (TPSA) is 38.8 Å². The molecular weight excluding hydrogens is 628 g/mol. The minimum Gasteiger partial charge on any atom is -0.428 e. The molecule has 2 heterocycles. The summed E-state index contributed by atoms with van der Waals surface area (Å²) in [6.45, 7) is 26.0. The molecule has 0 aromatic heterocycles. The third kappa shape index (κ3) is 9.66. The molecule has 0 spiro atoms. The van der Waals surface area contributed by atoms with Gasteiger partial charge in [0, 0.05) is 22.4 Å². The van der Waals surface area contributed by atoms with Gasteiger partial charge < -0.3 is 14.3 Å². The highest BCUT2D eigenvalue weighted by Gasteiger charge is 2.53. The first-order valence-electron chi connectivity index (χ1n) is 19.6. The maximum atomic E-state index is 14.0. The quantitative estimate of drug-likeness (QED) is 0.112. The number of carbonyl (C=O) groups excluding carboxylic acids is 1. The van der Waals surface area contributed by atoms with Crippen molar-refractivity contribution in [2.75, 3.05) is 18.1 Å². The van der Waals surface area contributed by atoms with Crippen LogP contribution in [-0.2, 0) is 19.6 Å². The smallest absolute Gasteiger partial charge is 0.330 e. The Morgan fingerprint density at radius 1 is 1.02 bits per heavy atom. The van der Waals surface area contributed by atoms with Crippen LogP contribution in [0.25, 0.3) is 0 Å². The minimum atomic E-state index is -0.417. The predicted molar refractivity (Wildman–Crippen MR) is 215 cm³/mol. The number of ether oxygens (including phenoxy) is 1. The van der Waals surface area contributed by atoms with Crippen molar-refractivity contribution in [1.82, 2.24) is 0 Å². The Balaban J connectivity index is 0.000000316. The number of hydrogen-bond donors (Lipinski definition) is 1. The third-order valence-corrected chi connectivity index (χ3v) is 14.2. The first-order valence-corrected chi connectivity index (χ1v) is 20.7. The molecule has 0 bridgehead atoms. The zero-order chi connectivity index (χ0) is 35.9. The van der Waals surface area contributed by atoms with Crippen LogP contribution < -0.4 is 10.4 Å². The van der Waals surface area contributed by atoms with E-state index in [1.54, 1.807) is 0 Å². The van der Waals surface area contributed by atoms with Gasteiger partial charge >= 0.3 is 7.48 Å². The van der Waals surface area contributed by atoms with Crippen molar-refractivity contribution in [3.8, 4) is 0 Å². The zero-order valence-electron chi connectivity index (χ0n) is 32.8. The lowest BCUT2D eigenvalue weighted by atomic mass is 9.73. The lowest BCUT2D eigenvalue weighted by Gasteiger charge is -2.42. The Labute approximate surface area is 305 Å². The highest BCUT2D eigenvalue weighted by Crippen LogP contribution is 2.55. The van der Waals surface area contributed by atoms with Gasteiger partial charge in [0.25, 0.3) is 0 Å². The van der Waals surface area contributed by atoms with E-state index < -0.39 is 5.60 Å². The van der Waals surface area contributed by atoms with Crippen LogP contribution in [0.15, 0.2) is 18.2 Å². The highest BCUT2D eigenvalue weighted by atomic mass is 32.1. The van der Waals surface area contributed by atoms with Gasteiger partial charge in [0.05, 0.1) is 24.2 Å². The van der Waals surface area contributed by atoms with E-state index in [1.807, 2.05) is 7.48 Å². The number of nitrogens with zero attached hydrogens (tertiary/aromatic N) is 1. The van der Waals surface area contributed by atoms with Gasteiger partial charge in [-0.15, -0.1) is 9.24 Å². The van der Waals surface area contributed by atoms with E-state index >= 15 is 0 Å². The number of benzene rings is 1. The van der Waals surface area contributed by atoms with E-state index in [-0.39, 0.29) is 10.2 Å². The molecule has 4 aliphatic rings. The van der Waals surface area contributed by atoms with Gasteiger partial charge in [-0.05, 0) is 114 Å². The van der Waals surface area contributed by atoms with E-state index in [0.717, 1.165) is 91.7 Å². The fourth-order valence-electron chi connectivity index (χ4n) is 7.64. The molecule has 1 amide bonds. The van der Waals surface area contributed by atoms with Crippen LogP contribution in [-0.4, -0.2) is 48.7 Å². The van der Waals surface area contributed by atoms with Gasteiger partial charge in [-0.1, -0.05) is 91.7 Å². The number of carbonyl (C=O) groups is 1. The largest absolute Gasteiger partial charge is 0.428 e. The summed E-state index contributed by atoms with van der Waals surface area (Å²) in [5.41, 5.74) is 4.25. The number of fused-ring (bicyclic) bond motifs is 1. The molecule has 5 rings (SSSR count). The highest BCUT2D eigenvalue weighted by molar-refractivity contribution is 7.81. The Bertz CT molecular complexity index is 1150. The van der Waals surface area contributed by atoms with Crippen LogP contribution in [0.3, 0.4) is 0 Å². The number of amides is 1. The Morgan fingerprint density at radius 2 is 1.62 bits per heavy atom. The summed E-state index contributed by atoms with van der Waals surface area (Å²) in [6.07, 6.45) is 14.3. The molecule has 0 N–H and O–H groups in total. The molecule has 1 aromatic carbocycles. The molecule has 2 aliphatic heterocycles. The SMILES string of the molecule is CC(C)C1COC1.CCC(P)C1(CC)CC1.CCCC1CC(N2C(=O)C(CCC)(CCC)c3ccc([B]OC(C)(C)C(C)(C)S)cc32)C1. The molecule has 4 nitrogen and oxygen atoms in total. The van der Waals surface area contributed by atoms with E-state index in [1.165, 1.54) is 44.1 Å². The maximum Gasteiger partial charge on any atom is 0.330 e. The van der Waals surface area contributed by atoms with Gasteiger partial charge in [0.15, 0.2) is 0 Å². The average Bonchev–Trinajstić information content (AvgIpc) is 3.75. The first-order chi connectivity index (χ1) is 22.6. The van der Waals surface area contributed by atoms with Gasteiger partial charge in [-0.25, -0.2) is 0 Å². The van der Waals surface area contributed by atoms with Gasteiger partial charge in [0.1, 0.15) is 0 Å². The molecule has 7 heteroatoms. The van der Waals surface area contributed by atoms with Crippen molar-refractivity contribution in [3.63, 3.8) is 0 Å². The standard InChI is InChI=1S/C27H43BNO2S.C8H17P.C6H12O/c1-8-11-19-16-21(17-19)29-23-18-20(28-31-25(4,5)26(6,7)32)12-13-22(23)27(14-9-2,15-10-3)24(29)30;1-3-7(9)8(4-2)5-6-8;1-5(2)6-3-7-4-6/h12-13,18-19,21,32H,8-11,14-17H2,1-7H3;7H,3-6,9H2,1-2H3;5-6H,3-4H2,1-2H3. The Kier molecular flexibility index (Phi) is 15.5. The Morgan fingerprint density at radius 3 is 2.00 bits per heavy atom. The van der Waals surface area contributed by atoms with Crippen LogP contribution in [0, 0.1) is 23.2 Å². The van der Waals surface area contributed by atoms with Crippen molar-refractivity contribution in [1.29, 1.82) is 0 Å². The second kappa shape index (κ2) is 17.8. The number of anilines is 1. The van der Waals surface area contributed by atoms with Crippen molar-refractivity contribution < 1.29 is 14.2 Å². The van der Waals surface area contributed by atoms with E-state index in [2.05, 4.69) is 108 Å². The van der Waals surface area contributed by atoms with Crippen LogP contribution in [0.5, 0.6) is 0 Å². The van der Waals surface area contributed by atoms with Gasteiger partial charge in [0.2, 0.25) is 5.91 Å². The third-order valence-electron chi connectivity index (χ3n) is 12.4. The normalized spacial score (nSPS) is 23.2. The van der Waals surface area contributed by atoms with Crippen LogP contribution in [0.4, 0.5) is 5.69 Å². The average molecular weight is 701 g/mol. The van der Waals surface area contributed by atoms with Gasteiger partial charge in [-0.2, -0.15) is 12.6 Å². The molecule has 48 heavy (non-hydrogen) atoms. The molecule has 2 unspecified atom stereocenters. The first kappa shape index (κ1) is 41.9. The molecule has 2 aliphatic carbocycles. The number of hydrogen-bond acceptors (Lipinski definition) is 4. The van der Waals surface area contributed by atoms with E-state index in [4.69, 9.17) is 22.0 Å². The molecular formula is C41H72BNO3PS. The summed E-state index contributed by atoms with van der Waals surface area (Å²) in [5.74, 6) is 2.80. The number of thiol groups is 1. The molecule has 273 valence electrons. The van der Waals surface area contributed by atoms with Crippen molar-refractivity contribution in [3.05, 3.63) is 23.8 Å². The number of rotatable bonds is 15. The zero-order valence-corrected chi connectivity index (χ0v) is 34.8. The van der Waals surface area contributed by atoms with E-state index in [0.29, 0.717) is 11.9 Å². The second-order valence-corrected chi connectivity index (χ2v) is 18.8. The van der Waals surface area contributed by atoms with Crippen LogP contribution in [0.2, 0.25) is 0 Å². The molecule has 1 radical (unpaired) electrons. The molecule has 2 saturated carbocycles. The van der Waals surface area contributed by atoms with Crippen molar-refractivity contribution in [2.24, 2.45) is 23.2 Å². The second-order valence-electron chi connectivity index (χ2n) is 16.9. The lowest BCUT2D eigenvalue weighted by Crippen LogP contribution is -2.50. The molecule has 2 atom stereocenters. The summed E-state index contributed by atoms with van der Waals surface area (Å²) >= 11 is 4.72. The predicted octanol–water partition coefficient (Wildman–Crippen LogP) is 10.3. The minimum absolute atomic E-state index is 0.278. The summed E-state index contributed by atoms with van der Waals surface area (Å²) < 4.78 is 10.9. The lowest BCUT2D eigenvalue weighted by molar-refractivity contribution is -0.124. The van der Waals surface area contributed by atoms with Crippen LogP contribution >= 0.6 is 21.9 Å². The van der Waals surface area contributed by atoms with Crippen molar-refractivity contribution in [2.45, 2.75) is 181 Å². The van der Waals surface area contributed by atoms with Crippen molar-refractivity contribution >= 4 is 46.4 Å². The Hall–Kier alpha value is -0.545. The fraction of sp³-hybridized carbons (Fsp3) is 0.829. The molecule has 3 fully saturated rings. The summed E-state index contributed by atoms with van der Waals surface area (Å²) in [4.78, 5) is 16.2. The summed E-state index contributed by atoms with van der Waals surface area (Å²) in [7, 11) is 4.84. The summed E-state index contributed by atoms with van der Waals surface area (Å²) in [5, 5.41) is 0. The van der Waals surface area contributed by atoms with E-state index in [9.17, 15) is 4.79 Å². The molecule has 1 saturated heterocycles.